The van der Waals surface area contributed by atoms with Crippen LogP contribution < -0.4 is 15.5 Å². The number of aromatic nitrogens is 10. The van der Waals surface area contributed by atoms with Crippen LogP contribution in [0.4, 0.5) is 34.9 Å². The second kappa shape index (κ2) is 23.7. The normalized spacial score (nSPS) is 14.6. The van der Waals surface area contributed by atoms with Crippen molar-refractivity contribution >= 4 is 62.0 Å². The zero-order chi connectivity index (χ0) is 53.8. The van der Waals surface area contributed by atoms with Gasteiger partial charge in [0, 0.05) is 67.2 Å². The molecule has 6 aromatic heterocycles. The zero-order valence-electron chi connectivity index (χ0n) is 44.3. The third-order valence-corrected chi connectivity index (χ3v) is 14.6. The van der Waals surface area contributed by atoms with Gasteiger partial charge in [-0.2, -0.15) is 0 Å². The number of aryl methyl sites for hydroxylation is 2. The van der Waals surface area contributed by atoms with Crippen molar-refractivity contribution in [1.29, 1.82) is 0 Å². The van der Waals surface area contributed by atoms with Crippen LogP contribution in [-0.4, -0.2) is 125 Å². The van der Waals surface area contributed by atoms with Crippen LogP contribution in [0.3, 0.4) is 0 Å². The largest absolute Gasteiger partial charge is 0.369 e. The maximum Gasteiger partial charge on any atom is 0.220 e. The van der Waals surface area contributed by atoms with Crippen molar-refractivity contribution in [1.82, 2.24) is 58.8 Å². The van der Waals surface area contributed by atoms with Crippen LogP contribution >= 0.6 is 22.6 Å². The summed E-state index contributed by atoms with van der Waals surface area (Å²) in [5.74, 6) is 0.519. The molecule has 15 nitrogen and oxygen atoms in total. The van der Waals surface area contributed by atoms with Gasteiger partial charge in [-0.25, -0.2) is 52.4 Å². The predicted octanol–water partition coefficient (Wildman–Crippen LogP) is 10.6. The minimum absolute atomic E-state index is 0.0944. The number of hydrogen-bond acceptors (Lipinski definition) is 13. The molecule has 0 bridgehead atoms. The van der Waals surface area contributed by atoms with E-state index in [1.165, 1.54) is 31.2 Å². The van der Waals surface area contributed by atoms with E-state index < -0.39 is 23.3 Å². The first-order chi connectivity index (χ1) is 35.8. The number of nitrogens with zero attached hydrogens (tertiary/aromatic N) is 14. The summed E-state index contributed by atoms with van der Waals surface area (Å²) in [6.07, 6.45) is 14.6. The molecule has 75 heavy (non-hydrogen) atoms. The summed E-state index contributed by atoms with van der Waals surface area (Å²) in [5.41, 5.74) is 11.7. The van der Waals surface area contributed by atoms with Crippen molar-refractivity contribution < 1.29 is 17.6 Å². The molecule has 0 radical (unpaired) electrons. The van der Waals surface area contributed by atoms with Gasteiger partial charge in [0.05, 0.1) is 66.0 Å². The SMILES string of the molecule is CN(C)C1CCN(c2cnc(N)nc2)CC1.Cc1nc2c(F)cc(-c3cc(Cc4ncc(N5CCC(N(C)C)CC5)cn4)ncc3F)cc2n1C(C)C.Cc1nc2c(F)cc(-c3cc(I)ncc3F)cc2n1C(C)C. The molecule has 10 rings (SSSR count). The molecule has 0 amide bonds. The van der Waals surface area contributed by atoms with Gasteiger partial charge in [-0.05, 0) is 166 Å². The van der Waals surface area contributed by atoms with E-state index in [-0.39, 0.29) is 12.1 Å². The highest BCUT2D eigenvalue weighted by atomic mass is 127. The minimum Gasteiger partial charge on any atom is -0.369 e. The van der Waals surface area contributed by atoms with Gasteiger partial charge in [0.2, 0.25) is 5.95 Å². The van der Waals surface area contributed by atoms with Gasteiger partial charge in [-0.3, -0.25) is 4.98 Å². The fraction of sp³-hybridized carbons (Fsp3) is 0.418. The Morgan fingerprint density at radius 1 is 0.560 bits per heavy atom. The highest BCUT2D eigenvalue weighted by molar-refractivity contribution is 14.1. The number of piperidine rings is 2. The molecule has 8 heterocycles. The second-order valence-corrected chi connectivity index (χ2v) is 21.3. The number of nitrogens with two attached hydrogens (primary N) is 1. The van der Waals surface area contributed by atoms with Gasteiger partial charge in [-0.1, -0.05) is 0 Å². The average Bonchev–Trinajstić information content (AvgIpc) is 3.93. The average molecular weight is 1140 g/mol. The Balaban J connectivity index is 0.000000166. The number of hydrogen-bond donors (Lipinski definition) is 1. The van der Waals surface area contributed by atoms with E-state index in [9.17, 15) is 17.6 Å². The first-order valence-corrected chi connectivity index (χ1v) is 26.4. The number of imidazole rings is 2. The number of anilines is 3. The summed E-state index contributed by atoms with van der Waals surface area (Å²) in [7, 11) is 8.55. The second-order valence-electron chi connectivity index (χ2n) is 20.2. The molecule has 396 valence electrons. The van der Waals surface area contributed by atoms with Gasteiger partial charge in [0.25, 0.3) is 0 Å². The fourth-order valence-corrected chi connectivity index (χ4v) is 10.6. The van der Waals surface area contributed by atoms with Crippen LogP contribution in [-0.2, 0) is 6.42 Å². The van der Waals surface area contributed by atoms with E-state index in [2.05, 4.69) is 87.7 Å². The van der Waals surface area contributed by atoms with E-state index in [1.807, 2.05) is 85.7 Å². The maximum atomic E-state index is 15.0. The van der Waals surface area contributed by atoms with Crippen LogP contribution in [0, 0.1) is 40.8 Å². The summed E-state index contributed by atoms with van der Waals surface area (Å²) in [6.45, 7) is 15.8. The van der Waals surface area contributed by atoms with E-state index in [0.29, 0.717) is 84.0 Å². The molecular formula is C55H66F4IN15. The van der Waals surface area contributed by atoms with E-state index >= 15 is 0 Å². The number of halogens is 5. The summed E-state index contributed by atoms with van der Waals surface area (Å²) >= 11 is 2.01. The Bertz CT molecular complexity index is 3230. The molecule has 0 atom stereocenters. The Morgan fingerprint density at radius 3 is 1.40 bits per heavy atom. The number of benzene rings is 2. The van der Waals surface area contributed by atoms with Crippen molar-refractivity contribution in [2.75, 3.05) is 69.9 Å². The van der Waals surface area contributed by atoms with Gasteiger partial charge >= 0.3 is 0 Å². The predicted molar refractivity (Wildman–Crippen MR) is 298 cm³/mol. The molecule has 2 aliphatic heterocycles. The first-order valence-electron chi connectivity index (χ1n) is 25.3. The molecule has 20 heteroatoms. The van der Waals surface area contributed by atoms with Crippen LogP contribution in [0.2, 0.25) is 0 Å². The topological polar surface area (TPSA) is 152 Å². The van der Waals surface area contributed by atoms with E-state index in [0.717, 1.165) is 68.2 Å². The van der Waals surface area contributed by atoms with Crippen molar-refractivity contribution in [2.45, 2.75) is 97.8 Å². The Labute approximate surface area is 449 Å². The van der Waals surface area contributed by atoms with Crippen LogP contribution in [0.1, 0.15) is 88.6 Å². The lowest BCUT2D eigenvalue weighted by Gasteiger charge is -2.36. The smallest absolute Gasteiger partial charge is 0.220 e. The Kier molecular flexibility index (Phi) is 17.3. The lowest BCUT2D eigenvalue weighted by molar-refractivity contribution is 0.249. The molecule has 0 aliphatic carbocycles. The lowest BCUT2D eigenvalue weighted by atomic mass is 10.0. The van der Waals surface area contributed by atoms with E-state index in [4.69, 9.17) is 5.73 Å². The first kappa shape index (κ1) is 54.9. The lowest BCUT2D eigenvalue weighted by Crippen LogP contribution is -2.42. The molecule has 2 fully saturated rings. The highest BCUT2D eigenvalue weighted by Gasteiger charge is 2.24. The highest BCUT2D eigenvalue weighted by Crippen LogP contribution is 2.33. The molecule has 0 saturated carbocycles. The summed E-state index contributed by atoms with van der Waals surface area (Å²) < 4.78 is 62.9. The van der Waals surface area contributed by atoms with E-state index in [1.54, 1.807) is 36.7 Å². The molecular weight excluding hydrogens is 1070 g/mol. The van der Waals surface area contributed by atoms with Gasteiger partial charge in [-0.15, -0.1) is 0 Å². The molecule has 2 N–H and O–H groups in total. The van der Waals surface area contributed by atoms with Crippen molar-refractivity contribution in [2.24, 2.45) is 0 Å². The number of rotatable bonds is 10. The van der Waals surface area contributed by atoms with Gasteiger partial charge in [0.1, 0.15) is 43.8 Å². The zero-order valence-corrected chi connectivity index (χ0v) is 46.5. The molecule has 0 unspecified atom stereocenters. The van der Waals surface area contributed by atoms with Crippen LogP contribution in [0.15, 0.2) is 73.6 Å². The fourth-order valence-electron chi connectivity index (χ4n) is 10.1. The van der Waals surface area contributed by atoms with Crippen molar-refractivity contribution in [3.63, 3.8) is 0 Å². The molecule has 8 aromatic rings. The molecule has 2 saturated heterocycles. The van der Waals surface area contributed by atoms with Gasteiger partial charge in [0.15, 0.2) is 11.6 Å². The molecule has 2 aromatic carbocycles. The number of pyridine rings is 2. The Morgan fingerprint density at radius 2 is 0.973 bits per heavy atom. The van der Waals surface area contributed by atoms with Gasteiger partial charge < -0.3 is 34.5 Å². The summed E-state index contributed by atoms with van der Waals surface area (Å²) in [4.78, 5) is 43.2. The van der Waals surface area contributed by atoms with Crippen LogP contribution in [0.5, 0.6) is 0 Å². The molecule has 0 spiro atoms. The summed E-state index contributed by atoms with van der Waals surface area (Å²) in [6, 6.07) is 11.1. The van der Waals surface area contributed by atoms with Crippen molar-refractivity contribution in [3.8, 4) is 22.3 Å². The third-order valence-electron chi connectivity index (χ3n) is 14.0. The van der Waals surface area contributed by atoms with Crippen molar-refractivity contribution in [3.05, 3.63) is 124 Å². The third kappa shape index (κ3) is 12.7. The monoisotopic (exact) mass is 1140 g/mol. The number of nitrogen functional groups attached to an aromatic ring is 1. The molecule has 2 aliphatic rings. The number of fused-ring (bicyclic) bond motifs is 2. The van der Waals surface area contributed by atoms with Crippen LogP contribution in [0.25, 0.3) is 44.3 Å². The Hall–Kier alpha value is -6.39. The summed E-state index contributed by atoms with van der Waals surface area (Å²) in [5, 5.41) is 0. The maximum absolute atomic E-state index is 15.0. The standard InChI is InChI=1S/C28H33F2N7.C16H14F2IN3.C11H19N5/c1-17(2)37-18(3)34-28-24(29)10-19(11-26(28)37)23-12-20(31-16-25(23)30)13-27-32-14-22(15-33-27)36-8-6-21(7-9-36)35(4)5;1-8(2)22-9(3)21-16-12(17)4-10(5-14(16)22)11-6-15(19)20-7-13(11)18;1-15(2)9-3-5-16(6-4-9)10-7-13-11(12)14-8-10/h10-12,14-17,21H,6-9,13H2,1-5H3;4-8H,1-3H3;7-9H,3-6H2,1-2H3,(H2,12,13,14). The minimum atomic E-state index is -0.507. The quantitative estimate of drug-likeness (QED) is 0.0786.